The predicted octanol–water partition coefficient (Wildman–Crippen LogP) is 3.93. The second kappa shape index (κ2) is 4.72. The molecule has 1 aromatic carbocycles. The van der Waals surface area contributed by atoms with Crippen LogP contribution in [0.2, 0.25) is 0 Å². The van der Waals surface area contributed by atoms with E-state index in [1.165, 1.54) is 11.3 Å². The molecule has 2 rings (SSSR count). The zero-order chi connectivity index (χ0) is 12.4. The van der Waals surface area contributed by atoms with Gasteiger partial charge in [0.05, 0.1) is 4.88 Å². The number of benzene rings is 1. The molecule has 0 bridgehead atoms. The van der Waals surface area contributed by atoms with Gasteiger partial charge in [0.2, 0.25) is 0 Å². The van der Waals surface area contributed by atoms with Crippen LogP contribution >= 0.6 is 11.3 Å². The molecule has 1 heterocycles. The average Bonchev–Trinajstić information content (AvgIpc) is 2.70. The predicted molar refractivity (Wildman–Crippen MR) is 72.9 cm³/mol. The van der Waals surface area contributed by atoms with Crippen molar-refractivity contribution in [3.8, 4) is 0 Å². The highest BCUT2D eigenvalue weighted by Crippen LogP contribution is 2.22. The lowest BCUT2D eigenvalue weighted by Crippen LogP contribution is -2.12. The number of carbonyl (C=O) groups excluding carboxylic acids is 1. The average molecular weight is 245 g/mol. The molecular weight excluding hydrogens is 230 g/mol. The van der Waals surface area contributed by atoms with Crippen LogP contribution in [0.3, 0.4) is 0 Å². The molecule has 1 N–H and O–H groups in total. The van der Waals surface area contributed by atoms with Crippen molar-refractivity contribution in [1.29, 1.82) is 0 Å². The van der Waals surface area contributed by atoms with Gasteiger partial charge in [-0.3, -0.25) is 4.79 Å². The van der Waals surface area contributed by atoms with Crippen molar-refractivity contribution in [3.05, 3.63) is 51.2 Å². The molecule has 0 saturated heterocycles. The summed E-state index contributed by atoms with van der Waals surface area (Å²) in [7, 11) is 0. The number of nitrogens with one attached hydrogen (secondary N) is 1. The Morgan fingerprint density at radius 1 is 1.06 bits per heavy atom. The van der Waals surface area contributed by atoms with Gasteiger partial charge in [-0.2, -0.15) is 0 Å². The molecule has 17 heavy (non-hydrogen) atoms. The second-order valence-electron chi connectivity index (χ2n) is 4.13. The van der Waals surface area contributed by atoms with Gasteiger partial charge in [0.15, 0.2) is 0 Å². The van der Waals surface area contributed by atoms with Crippen molar-refractivity contribution in [2.24, 2.45) is 0 Å². The fourth-order valence-electron chi connectivity index (χ4n) is 1.74. The first-order valence-electron chi connectivity index (χ1n) is 5.52. The van der Waals surface area contributed by atoms with Gasteiger partial charge in [-0.25, -0.2) is 0 Å². The number of anilines is 1. The van der Waals surface area contributed by atoms with Crippen LogP contribution in [0.4, 0.5) is 5.69 Å². The molecular formula is C14H15NOS. The van der Waals surface area contributed by atoms with E-state index in [-0.39, 0.29) is 5.91 Å². The summed E-state index contributed by atoms with van der Waals surface area (Å²) in [6.45, 7) is 6.00. The fourth-order valence-corrected chi connectivity index (χ4v) is 2.51. The quantitative estimate of drug-likeness (QED) is 0.853. The van der Waals surface area contributed by atoms with Gasteiger partial charge >= 0.3 is 0 Å². The topological polar surface area (TPSA) is 29.1 Å². The van der Waals surface area contributed by atoms with Gasteiger partial charge < -0.3 is 5.32 Å². The summed E-state index contributed by atoms with van der Waals surface area (Å²) < 4.78 is 0. The Bertz CT molecular complexity index is 537. The van der Waals surface area contributed by atoms with Crippen molar-refractivity contribution in [2.75, 3.05) is 5.32 Å². The lowest BCUT2D eigenvalue weighted by atomic mass is 10.1. The summed E-state index contributed by atoms with van der Waals surface area (Å²) in [5, 5.41) is 2.98. The Morgan fingerprint density at radius 3 is 2.24 bits per heavy atom. The smallest absolute Gasteiger partial charge is 0.265 e. The summed E-state index contributed by atoms with van der Waals surface area (Å²) in [5.74, 6) is -0.0273. The molecule has 2 nitrogen and oxygen atoms in total. The monoisotopic (exact) mass is 245 g/mol. The maximum Gasteiger partial charge on any atom is 0.265 e. The fraction of sp³-hybridized carbons (Fsp3) is 0.214. The van der Waals surface area contributed by atoms with E-state index in [0.29, 0.717) is 0 Å². The van der Waals surface area contributed by atoms with Crippen LogP contribution in [-0.2, 0) is 0 Å². The van der Waals surface area contributed by atoms with E-state index >= 15 is 0 Å². The molecule has 0 fully saturated rings. The molecule has 0 atom stereocenters. The van der Waals surface area contributed by atoms with Crippen molar-refractivity contribution >= 4 is 22.9 Å². The summed E-state index contributed by atoms with van der Waals surface area (Å²) in [4.78, 5) is 13.9. The van der Waals surface area contributed by atoms with E-state index in [1.807, 2.05) is 51.1 Å². The van der Waals surface area contributed by atoms with Crippen molar-refractivity contribution in [2.45, 2.75) is 20.8 Å². The summed E-state index contributed by atoms with van der Waals surface area (Å²) in [6.07, 6.45) is 0. The van der Waals surface area contributed by atoms with Crippen molar-refractivity contribution in [1.82, 2.24) is 0 Å². The molecule has 0 aliphatic heterocycles. The third-order valence-corrected chi connectivity index (χ3v) is 3.68. The Balaban J connectivity index is 2.24. The maximum absolute atomic E-state index is 12.0. The van der Waals surface area contributed by atoms with Crippen LogP contribution in [-0.4, -0.2) is 5.91 Å². The second-order valence-corrected chi connectivity index (χ2v) is 5.42. The normalized spacial score (nSPS) is 10.3. The molecule has 0 saturated carbocycles. The number of carbonyl (C=O) groups is 1. The van der Waals surface area contributed by atoms with E-state index in [4.69, 9.17) is 0 Å². The number of hydrogen-bond acceptors (Lipinski definition) is 2. The molecule has 0 aliphatic carbocycles. The number of thiophene rings is 1. The van der Waals surface area contributed by atoms with Crippen LogP contribution in [0.5, 0.6) is 0 Å². The molecule has 0 spiro atoms. The minimum Gasteiger partial charge on any atom is -0.321 e. The summed E-state index contributed by atoms with van der Waals surface area (Å²) in [6, 6.07) is 9.83. The van der Waals surface area contributed by atoms with Crippen LogP contribution in [0.1, 0.15) is 25.7 Å². The third kappa shape index (κ3) is 2.56. The standard InChI is InChI=1S/C14H15NOS/c1-9-5-4-6-10(2)13(9)15-14(16)12-8-7-11(3)17-12/h4-8H,1-3H3,(H,15,16). The lowest BCUT2D eigenvalue weighted by molar-refractivity contribution is 0.103. The molecule has 1 aromatic heterocycles. The van der Waals surface area contributed by atoms with Gasteiger partial charge in [-0.05, 0) is 44.0 Å². The van der Waals surface area contributed by atoms with E-state index in [9.17, 15) is 4.79 Å². The minimum atomic E-state index is -0.0273. The van der Waals surface area contributed by atoms with Crippen LogP contribution < -0.4 is 5.32 Å². The maximum atomic E-state index is 12.0. The van der Waals surface area contributed by atoms with Crippen molar-refractivity contribution < 1.29 is 4.79 Å². The van der Waals surface area contributed by atoms with E-state index in [2.05, 4.69) is 5.32 Å². The summed E-state index contributed by atoms with van der Waals surface area (Å²) >= 11 is 1.51. The van der Waals surface area contributed by atoms with Gasteiger partial charge in [-0.1, -0.05) is 18.2 Å². The van der Waals surface area contributed by atoms with E-state index < -0.39 is 0 Å². The first-order valence-corrected chi connectivity index (χ1v) is 6.33. The number of rotatable bonds is 2. The van der Waals surface area contributed by atoms with E-state index in [0.717, 1.165) is 26.6 Å². The van der Waals surface area contributed by atoms with Crippen LogP contribution in [0.15, 0.2) is 30.3 Å². The third-order valence-electron chi connectivity index (χ3n) is 2.68. The largest absolute Gasteiger partial charge is 0.321 e. The minimum absolute atomic E-state index is 0.0273. The highest BCUT2D eigenvalue weighted by molar-refractivity contribution is 7.14. The first-order chi connectivity index (χ1) is 8.08. The molecule has 2 aromatic rings. The Labute approximate surface area is 105 Å². The van der Waals surface area contributed by atoms with Crippen LogP contribution in [0, 0.1) is 20.8 Å². The highest BCUT2D eigenvalue weighted by Gasteiger charge is 2.10. The van der Waals surface area contributed by atoms with Gasteiger partial charge in [0.1, 0.15) is 0 Å². The van der Waals surface area contributed by atoms with Crippen molar-refractivity contribution in [3.63, 3.8) is 0 Å². The SMILES string of the molecule is Cc1ccc(C(=O)Nc2c(C)cccc2C)s1. The molecule has 0 radical (unpaired) electrons. The van der Waals surface area contributed by atoms with Crippen LogP contribution in [0.25, 0.3) is 0 Å². The Kier molecular flexibility index (Phi) is 3.29. The molecule has 1 amide bonds. The molecule has 0 aliphatic rings. The first kappa shape index (κ1) is 11.9. The lowest BCUT2D eigenvalue weighted by Gasteiger charge is -2.10. The molecule has 88 valence electrons. The highest BCUT2D eigenvalue weighted by atomic mass is 32.1. The Morgan fingerprint density at radius 2 is 1.71 bits per heavy atom. The van der Waals surface area contributed by atoms with Gasteiger partial charge in [0, 0.05) is 10.6 Å². The van der Waals surface area contributed by atoms with Gasteiger partial charge in [-0.15, -0.1) is 11.3 Å². The Hall–Kier alpha value is -1.61. The zero-order valence-corrected chi connectivity index (χ0v) is 11.0. The molecule has 0 unspecified atom stereocenters. The number of para-hydroxylation sites is 1. The number of hydrogen-bond donors (Lipinski definition) is 1. The number of amides is 1. The molecule has 3 heteroatoms. The number of aryl methyl sites for hydroxylation is 3. The van der Waals surface area contributed by atoms with Gasteiger partial charge in [0.25, 0.3) is 5.91 Å². The summed E-state index contributed by atoms with van der Waals surface area (Å²) in [5.41, 5.74) is 3.10. The zero-order valence-electron chi connectivity index (χ0n) is 10.2. The van der Waals surface area contributed by atoms with E-state index in [1.54, 1.807) is 0 Å².